The Kier molecular flexibility index (Phi) is 4.03. The molecule has 1 saturated heterocycles. The van der Waals surface area contributed by atoms with Crippen molar-refractivity contribution in [3.05, 3.63) is 17.4 Å². The van der Waals surface area contributed by atoms with Crippen molar-refractivity contribution < 1.29 is 18.0 Å². The predicted octanol–water partition coefficient (Wildman–Crippen LogP) is 2.34. The molecule has 0 bridgehead atoms. The molecule has 2 rings (SSSR count). The highest BCUT2D eigenvalue weighted by Gasteiger charge is 2.42. The van der Waals surface area contributed by atoms with Gasteiger partial charge in [-0.2, -0.15) is 18.3 Å². The maximum Gasteiger partial charge on any atom is 0.393 e. The van der Waals surface area contributed by atoms with Gasteiger partial charge in [0.15, 0.2) is 0 Å². The summed E-state index contributed by atoms with van der Waals surface area (Å²) in [7, 11) is 0. The van der Waals surface area contributed by atoms with E-state index in [4.69, 9.17) is 11.6 Å². The minimum Gasteiger partial charge on any atom is -0.340 e. The third-order valence-corrected chi connectivity index (χ3v) is 3.33. The zero-order chi connectivity index (χ0) is 14.0. The van der Waals surface area contributed by atoms with Crippen LogP contribution in [0.5, 0.6) is 0 Å². The smallest absolute Gasteiger partial charge is 0.340 e. The summed E-state index contributed by atoms with van der Waals surface area (Å²) in [6.07, 6.45) is -0.946. The second-order valence-corrected chi connectivity index (χ2v) is 5.01. The summed E-state index contributed by atoms with van der Waals surface area (Å²) in [5, 5.41) is 4.22. The van der Waals surface area contributed by atoms with E-state index in [-0.39, 0.29) is 25.4 Å². The van der Waals surface area contributed by atoms with Gasteiger partial charge in [-0.25, -0.2) is 0 Å². The molecule has 0 aliphatic carbocycles. The number of nitrogens with zero attached hydrogens (tertiary/aromatic N) is 3. The lowest BCUT2D eigenvalue weighted by Gasteiger charge is -2.33. The summed E-state index contributed by atoms with van der Waals surface area (Å²) in [4.78, 5) is 13.2. The summed E-state index contributed by atoms with van der Waals surface area (Å²) in [5.74, 6) is -1.79. The Labute approximate surface area is 113 Å². The maximum atomic E-state index is 12.6. The van der Waals surface area contributed by atoms with Gasteiger partial charge in [-0.05, 0) is 12.8 Å². The molecule has 19 heavy (non-hydrogen) atoms. The van der Waals surface area contributed by atoms with Crippen LogP contribution >= 0.6 is 11.6 Å². The number of aromatic nitrogens is 2. The fourth-order valence-electron chi connectivity index (χ4n) is 2.13. The molecule has 0 N–H and O–H groups in total. The Hall–Kier alpha value is -1.24. The summed E-state index contributed by atoms with van der Waals surface area (Å²) >= 11 is 5.66. The van der Waals surface area contributed by atoms with Crippen molar-refractivity contribution in [2.24, 2.45) is 5.92 Å². The number of hydrogen-bond donors (Lipinski definition) is 0. The van der Waals surface area contributed by atoms with Gasteiger partial charge in [0, 0.05) is 19.3 Å². The molecule has 0 saturated carbocycles. The number of carbonyl (C=O) groups is 1. The summed E-state index contributed by atoms with van der Waals surface area (Å²) in [6.45, 7) is 0.00897. The minimum atomic E-state index is -4.24. The zero-order valence-corrected chi connectivity index (χ0v) is 10.8. The third kappa shape index (κ3) is 3.62. The Bertz CT molecular complexity index is 460. The van der Waals surface area contributed by atoms with Crippen molar-refractivity contribution in [1.29, 1.82) is 0 Å². The van der Waals surface area contributed by atoms with Crippen LogP contribution in [-0.4, -0.2) is 39.9 Å². The largest absolute Gasteiger partial charge is 0.393 e. The summed E-state index contributed by atoms with van der Waals surface area (Å²) in [5.41, 5.74) is 0. The van der Waals surface area contributed by atoms with E-state index >= 15 is 0 Å². The maximum absolute atomic E-state index is 12.6. The fourth-order valence-corrected chi connectivity index (χ4v) is 2.29. The molecule has 1 fully saturated rings. The molecule has 106 valence electrons. The molecule has 1 aliphatic heterocycles. The highest BCUT2D eigenvalue weighted by Crippen LogP contribution is 2.33. The highest BCUT2D eigenvalue weighted by molar-refractivity contribution is 6.30. The van der Waals surface area contributed by atoms with Gasteiger partial charge < -0.3 is 4.90 Å². The predicted molar refractivity (Wildman–Crippen MR) is 62.6 cm³/mol. The van der Waals surface area contributed by atoms with Crippen LogP contribution in [0.15, 0.2) is 12.4 Å². The van der Waals surface area contributed by atoms with Gasteiger partial charge in [0.1, 0.15) is 6.54 Å². The van der Waals surface area contributed by atoms with Crippen LogP contribution in [0.4, 0.5) is 13.2 Å². The quantitative estimate of drug-likeness (QED) is 0.840. The fraction of sp³-hybridized carbons (Fsp3) is 0.636. The second kappa shape index (κ2) is 5.40. The molecule has 1 aliphatic rings. The van der Waals surface area contributed by atoms with E-state index in [0.29, 0.717) is 18.0 Å². The van der Waals surface area contributed by atoms with Crippen LogP contribution < -0.4 is 0 Å². The van der Waals surface area contributed by atoms with Crippen molar-refractivity contribution in [3.63, 3.8) is 0 Å². The van der Waals surface area contributed by atoms with E-state index in [1.807, 2.05) is 0 Å². The van der Waals surface area contributed by atoms with Gasteiger partial charge in [0.25, 0.3) is 0 Å². The van der Waals surface area contributed by atoms with Crippen LogP contribution in [0.25, 0.3) is 0 Å². The zero-order valence-electron chi connectivity index (χ0n) is 10.0. The van der Waals surface area contributed by atoms with E-state index in [1.54, 1.807) is 0 Å². The number of hydrogen-bond acceptors (Lipinski definition) is 2. The first-order valence-corrected chi connectivity index (χ1v) is 6.26. The molecule has 1 aromatic heterocycles. The Morgan fingerprint density at radius 3 is 2.84 bits per heavy atom. The van der Waals surface area contributed by atoms with E-state index in [0.717, 1.165) is 0 Å². The average Bonchev–Trinajstić information content (AvgIpc) is 2.74. The molecule has 0 spiro atoms. The van der Waals surface area contributed by atoms with Crippen LogP contribution in [-0.2, 0) is 11.3 Å². The SMILES string of the molecule is O=C(Cn1cc(Cl)cn1)N1CCCC(C(F)(F)F)C1. The van der Waals surface area contributed by atoms with Crippen molar-refractivity contribution >= 4 is 17.5 Å². The first-order chi connectivity index (χ1) is 8.86. The van der Waals surface area contributed by atoms with Gasteiger partial charge in [0.05, 0.1) is 17.1 Å². The van der Waals surface area contributed by atoms with E-state index in [1.165, 1.54) is 22.0 Å². The van der Waals surface area contributed by atoms with Crippen molar-refractivity contribution in [3.8, 4) is 0 Å². The Morgan fingerprint density at radius 1 is 1.53 bits per heavy atom. The summed E-state index contributed by atoms with van der Waals surface area (Å²) < 4.78 is 39.2. The number of alkyl halides is 3. The topological polar surface area (TPSA) is 38.1 Å². The van der Waals surface area contributed by atoms with Crippen molar-refractivity contribution in [1.82, 2.24) is 14.7 Å². The number of halogens is 4. The first-order valence-electron chi connectivity index (χ1n) is 5.88. The van der Waals surface area contributed by atoms with Crippen molar-refractivity contribution in [2.75, 3.05) is 13.1 Å². The van der Waals surface area contributed by atoms with Crippen molar-refractivity contribution in [2.45, 2.75) is 25.6 Å². The van der Waals surface area contributed by atoms with Crippen LogP contribution in [0.3, 0.4) is 0 Å². The first kappa shape index (κ1) is 14.2. The molecule has 1 aromatic rings. The summed E-state index contributed by atoms with van der Waals surface area (Å²) in [6, 6.07) is 0. The lowest BCUT2D eigenvalue weighted by atomic mass is 9.97. The van der Waals surface area contributed by atoms with Gasteiger partial charge in [-0.15, -0.1) is 0 Å². The molecule has 8 heteroatoms. The average molecular weight is 296 g/mol. The molecular formula is C11H13ClF3N3O. The standard InChI is InChI=1S/C11H13ClF3N3O/c12-9-4-16-18(6-9)7-10(19)17-3-1-2-8(5-17)11(13,14)15/h4,6,8H,1-3,5,7H2. The normalized spacial score (nSPS) is 20.6. The van der Waals surface area contributed by atoms with Gasteiger partial charge in [-0.3, -0.25) is 9.48 Å². The van der Waals surface area contributed by atoms with Crippen LogP contribution in [0.1, 0.15) is 12.8 Å². The molecule has 1 amide bonds. The van der Waals surface area contributed by atoms with Crippen LogP contribution in [0, 0.1) is 5.92 Å². The Balaban J connectivity index is 1.95. The van der Waals surface area contributed by atoms with Gasteiger partial charge in [0.2, 0.25) is 5.91 Å². The highest BCUT2D eigenvalue weighted by atomic mass is 35.5. The molecule has 1 atom stereocenters. The van der Waals surface area contributed by atoms with E-state index < -0.39 is 12.1 Å². The van der Waals surface area contributed by atoms with Gasteiger partial charge in [-0.1, -0.05) is 11.6 Å². The lowest BCUT2D eigenvalue weighted by Crippen LogP contribution is -2.45. The molecule has 0 radical (unpaired) electrons. The number of likely N-dealkylation sites (tertiary alicyclic amines) is 1. The number of carbonyl (C=O) groups excluding carboxylic acids is 1. The molecular weight excluding hydrogens is 283 g/mol. The Morgan fingerprint density at radius 2 is 2.26 bits per heavy atom. The van der Waals surface area contributed by atoms with Crippen LogP contribution in [0.2, 0.25) is 5.02 Å². The molecule has 1 unspecified atom stereocenters. The third-order valence-electron chi connectivity index (χ3n) is 3.14. The monoisotopic (exact) mass is 295 g/mol. The number of piperidine rings is 1. The molecule has 2 heterocycles. The number of amides is 1. The molecule has 0 aromatic carbocycles. The van der Waals surface area contributed by atoms with E-state index in [2.05, 4.69) is 5.10 Å². The lowest BCUT2D eigenvalue weighted by molar-refractivity contribution is -0.188. The van der Waals surface area contributed by atoms with E-state index in [9.17, 15) is 18.0 Å². The minimum absolute atomic E-state index is 0.0842. The second-order valence-electron chi connectivity index (χ2n) is 4.58. The molecule has 4 nitrogen and oxygen atoms in total. The number of rotatable bonds is 2. The van der Waals surface area contributed by atoms with Gasteiger partial charge >= 0.3 is 6.18 Å².